The van der Waals surface area contributed by atoms with Crippen molar-refractivity contribution in [1.29, 1.82) is 0 Å². The lowest BCUT2D eigenvalue weighted by atomic mass is 9.88. The van der Waals surface area contributed by atoms with Crippen molar-refractivity contribution >= 4 is 27.7 Å². The van der Waals surface area contributed by atoms with E-state index in [1.807, 2.05) is 12.1 Å². The standard InChI is InChI=1S/C21H32BrN3O2/c1-15-11-16(2)13-25(12-15)21(3,4)14-24-19(26)9-10-23-20(27)17-5-7-18(22)8-6-17/h5-8,15-16H,9-14H2,1-4H3,(H,23,27)(H,24,26). The first kappa shape index (κ1) is 21.9. The Morgan fingerprint density at radius 1 is 1.11 bits per heavy atom. The van der Waals surface area contributed by atoms with Gasteiger partial charge in [-0.05, 0) is 56.4 Å². The fourth-order valence-corrected chi connectivity index (χ4v) is 3.93. The zero-order chi connectivity index (χ0) is 20.0. The lowest BCUT2D eigenvalue weighted by Gasteiger charge is -2.45. The third kappa shape index (κ3) is 6.92. The van der Waals surface area contributed by atoms with E-state index in [0.717, 1.165) is 17.6 Å². The zero-order valence-electron chi connectivity index (χ0n) is 16.8. The van der Waals surface area contributed by atoms with Gasteiger partial charge >= 0.3 is 0 Å². The Kier molecular flexibility index (Phi) is 7.86. The van der Waals surface area contributed by atoms with Gasteiger partial charge in [0.25, 0.3) is 5.91 Å². The number of hydrogen-bond donors (Lipinski definition) is 2. The predicted molar refractivity (Wildman–Crippen MR) is 113 cm³/mol. The van der Waals surface area contributed by atoms with Crippen LogP contribution in [-0.2, 0) is 4.79 Å². The molecule has 0 aromatic heterocycles. The van der Waals surface area contributed by atoms with Gasteiger partial charge in [0, 0.05) is 48.2 Å². The van der Waals surface area contributed by atoms with Crippen molar-refractivity contribution in [3.05, 3.63) is 34.3 Å². The van der Waals surface area contributed by atoms with Gasteiger partial charge in [-0.2, -0.15) is 0 Å². The molecule has 6 heteroatoms. The third-order valence-electron chi connectivity index (χ3n) is 5.19. The highest BCUT2D eigenvalue weighted by Crippen LogP contribution is 2.26. The molecule has 5 nitrogen and oxygen atoms in total. The van der Waals surface area contributed by atoms with E-state index in [0.29, 0.717) is 30.5 Å². The molecule has 0 bridgehead atoms. The fraction of sp³-hybridized carbons (Fsp3) is 0.619. The second kappa shape index (κ2) is 9.69. The van der Waals surface area contributed by atoms with Crippen LogP contribution in [0.2, 0.25) is 0 Å². The number of carbonyl (C=O) groups excluding carboxylic acids is 2. The van der Waals surface area contributed by atoms with E-state index in [1.54, 1.807) is 12.1 Å². The molecule has 1 saturated heterocycles. The maximum atomic E-state index is 12.2. The van der Waals surface area contributed by atoms with Crippen molar-refractivity contribution in [1.82, 2.24) is 15.5 Å². The molecule has 1 aromatic carbocycles. The monoisotopic (exact) mass is 437 g/mol. The van der Waals surface area contributed by atoms with Crippen LogP contribution in [0.1, 0.15) is 50.9 Å². The van der Waals surface area contributed by atoms with Gasteiger partial charge in [-0.15, -0.1) is 0 Å². The predicted octanol–water partition coefficient (Wildman–Crippen LogP) is 3.44. The number of rotatable bonds is 7. The maximum absolute atomic E-state index is 12.2. The fourth-order valence-electron chi connectivity index (χ4n) is 3.67. The van der Waals surface area contributed by atoms with Crippen LogP contribution in [0.3, 0.4) is 0 Å². The second-order valence-corrected chi connectivity index (χ2v) is 9.37. The van der Waals surface area contributed by atoms with Gasteiger partial charge in [-0.1, -0.05) is 29.8 Å². The summed E-state index contributed by atoms with van der Waals surface area (Å²) in [7, 11) is 0. The average Bonchev–Trinajstić information content (AvgIpc) is 2.60. The zero-order valence-corrected chi connectivity index (χ0v) is 18.4. The van der Waals surface area contributed by atoms with Crippen LogP contribution in [0.15, 0.2) is 28.7 Å². The lowest BCUT2D eigenvalue weighted by molar-refractivity contribution is -0.121. The molecule has 1 heterocycles. The number of likely N-dealkylation sites (tertiary alicyclic amines) is 1. The number of nitrogens with zero attached hydrogens (tertiary/aromatic N) is 1. The highest BCUT2D eigenvalue weighted by Gasteiger charge is 2.32. The number of carbonyl (C=O) groups is 2. The second-order valence-electron chi connectivity index (χ2n) is 8.45. The number of benzene rings is 1. The van der Waals surface area contributed by atoms with Crippen molar-refractivity contribution < 1.29 is 9.59 Å². The first-order chi connectivity index (χ1) is 12.7. The minimum atomic E-state index is -0.160. The van der Waals surface area contributed by atoms with Gasteiger partial charge in [-0.25, -0.2) is 0 Å². The molecule has 1 aromatic rings. The first-order valence-corrected chi connectivity index (χ1v) is 10.5. The highest BCUT2D eigenvalue weighted by atomic mass is 79.9. The van der Waals surface area contributed by atoms with Crippen molar-refractivity contribution in [2.75, 3.05) is 26.2 Å². The van der Waals surface area contributed by atoms with E-state index < -0.39 is 0 Å². The summed E-state index contributed by atoms with van der Waals surface area (Å²) in [5, 5.41) is 5.83. The van der Waals surface area contributed by atoms with Gasteiger partial charge in [0.1, 0.15) is 0 Å². The van der Waals surface area contributed by atoms with Crippen molar-refractivity contribution in [2.24, 2.45) is 11.8 Å². The van der Waals surface area contributed by atoms with E-state index in [2.05, 4.69) is 59.2 Å². The molecule has 0 radical (unpaired) electrons. The molecule has 0 saturated carbocycles. The molecule has 2 amide bonds. The molecule has 27 heavy (non-hydrogen) atoms. The van der Waals surface area contributed by atoms with Crippen LogP contribution < -0.4 is 10.6 Å². The highest BCUT2D eigenvalue weighted by molar-refractivity contribution is 9.10. The van der Waals surface area contributed by atoms with Crippen LogP contribution in [0.4, 0.5) is 0 Å². The minimum absolute atomic E-state index is 0.0303. The van der Waals surface area contributed by atoms with E-state index >= 15 is 0 Å². The summed E-state index contributed by atoms with van der Waals surface area (Å²) in [5.74, 6) is 1.19. The van der Waals surface area contributed by atoms with Crippen LogP contribution in [0, 0.1) is 11.8 Å². The normalized spacial score (nSPS) is 20.9. The number of hydrogen-bond acceptors (Lipinski definition) is 3. The lowest BCUT2D eigenvalue weighted by Crippen LogP contribution is -2.56. The quantitative estimate of drug-likeness (QED) is 0.686. The third-order valence-corrected chi connectivity index (χ3v) is 5.72. The molecule has 150 valence electrons. The largest absolute Gasteiger partial charge is 0.354 e. The summed E-state index contributed by atoms with van der Waals surface area (Å²) in [6.07, 6.45) is 1.56. The molecule has 2 rings (SSSR count). The Balaban J connectivity index is 1.72. The molecule has 1 fully saturated rings. The van der Waals surface area contributed by atoms with Crippen LogP contribution in [0.25, 0.3) is 0 Å². The molecule has 1 aliphatic rings. The van der Waals surface area contributed by atoms with Crippen molar-refractivity contribution in [3.63, 3.8) is 0 Å². The van der Waals surface area contributed by atoms with E-state index in [4.69, 9.17) is 0 Å². The Labute approximate surface area is 171 Å². The average molecular weight is 438 g/mol. The van der Waals surface area contributed by atoms with E-state index in [1.165, 1.54) is 6.42 Å². The molecular formula is C21H32BrN3O2. The Morgan fingerprint density at radius 3 is 2.30 bits per heavy atom. The molecule has 0 aliphatic carbocycles. The summed E-state index contributed by atoms with van der Waals surface area (Å²) >= 11 is 3.35. The topological polar surface area (TPSA) is 61.4 Å². The Hall–Kier alpha value is -1.40. The van der Waals surface area contributed by atoms with Gasteiger partial charge in [0.15, 0.2) is 0 Å². The van der Waals surface area contributed by atoms with E-state index in [9.17, 15) is 9.59 Å². The van der Waals surface area contributed by atoms with Crippen LogP contribution >= 0.6 is 15.9 Å². The first-order valence-electron chi connectivity index (χ1n) is 9.73. The van der Waals surface area contributed by atoms with E-state index in [-0.39, 0.29) is 23.8 Å². The molecule has 1 aliphatic heterocycles. The summed E-state index contributed by atoms with van der Waals surface area (Å²) in [4.78, 5) is 26.7. The molecule has 2 N–H and O–H groups in total. The molecule has 0 spiro atoms. The smallest absolute Gasteiger partial charge is 0.251 e. The summed E-state index contributed by atoms with van der Waals surface area (Å²) in [5.41, 5.74) is 0.521. The number of nitrogens with one attached hydrogen (secondary N) is 2. The summed E-state index contributed by atoms with van der Waals surface area (Å²) in [6.45, 7) is 12.1. The summed E-state index contributed by atoms with van der Waals surface area (Å²) in [6, 6.07) is 7.16. The van der Waals surface area contributed by atoms with Gasteiger partial charge < -0.3 is 10.6 Å². The number of amides is 2. The van der Waals surface area contributed by atoms with Crippen molar-refractivity contribution in [3.8, 4) is 0 Å². The Morgan fingerprint density at radius 2 is 1.70 bits per heavy atom. The molecule has 2 atom stereocenters. The van der Waals surface area contributed by atoms with Gasteiger partial charge in [0.2, 0.25) is 5.91 Å². The maximum Gasteiger partial charge on any atom is 0.251 e. The Bertz CT molecular complexity index is 635. The van der Waals surface area contributed by atoms with Crippen LogP contribution in [-0.4, -0.2) is 48.4 Å². The van der Waals surface area contributed by atoms with Gasteiger partial charge in [-0.3, -0.25) is 14.5 Å². The van der Waals surface area contributed by atoms with Crippen LogP contribution in [0.5, 0.6) is 0 Å². The van der Waals surface area contributed by atoms with Crippen molar-refractivity contribution in [2.45, 2.75) is 46.1 Å². The number of halogens is 1. The molecular weight excluding hydrogens is 406 g/mol. The minimum Gasteiger partial charge on any atom is -0.354 e. The molecule has 2 unspecified atom stereocenters. The summed E-state index contributed by atoms with van der Waals surface area (Å²) < 4.78 is 0.929. The number of piperidine rings is 1. The SMILES string of the molecule is CC1CC(C)CN(C(C)(C)CNC(=O)CCNC(=O)c2ccc(Br)cc2)C1. The van der Waals surface area contributed by atoms with Gasteiger partial charge in [0.05, 0.1) is 0 Å².